The van der Waals surface area contributed by atoms with E-state index in [4.69, 9.17) is 0 Å². The Balaban J connectivity index is 3.43. The average molecular weight is 185 g/mol. The summed E-state index contributed by atoms with van der Waals surface area (Å²) >= 11 is -1.03. The maximum atomic E-state index is 10.6. The summed E-state index contributed by atoms with van der Waals surface area (Å²) in [5, 5.41) is 0. The van der Waals surface area contributed by atoms with Crippen LogP contribution in [0.3, 0.4) is 0 Å². The molecule has 0 saturated carbocycles. The molecule has 0 aromatic carbocycles. The van der Waals surface area contributed by atoms with Crippen molar-refractivity contribution in [3.63, 3.8) is 0 Å². The van der Waals surface area contributed by atoms with Crippen LogP contribution in [0.15, 0.2) is 0 Å². The summed E-state index contributed by atoms with van der Waals surface area (Å²) in [7, 11) is 0. The van der Waals surface area contributed by atoms with Gasteiger partial charge in [0.1, 0.15) is 0 Å². The molecular weight excluding hydrogens is 170 g/mol. The minimum atomic E-state index is -1.03. The fourth-order valence-electron chi connectivity index (χ4n) is 0.984. The minimum absolute atomic E-state index is 0.406. The second-order valence-electron chi connectivity index (χ2n) is 2.59. The van der Waals surface area contributed by atoms with E-state index in [2.05, 4.69) is 13.8 Å². The van der Waals surface area contributed by atoms with E-state index in [0.29, 0.717) is 5.78 Å². The van der Waals surface area contributed by atoms with Gasteiger partial charge in [-0.1, -0.05) is 0 Å². The number of ketones is 1. The van der Waals surface area contributed by atoms with Gasteiger partial charge in [-0.2, -0.15) is 0 Å². The van der Waals surface area contributed by atoms with Crippen LogP contribution < -0.4 is 0 Å². The van der Waals surface area contributed by atoms with Crippen molar-refractivity contribution >= 4 is 22.0 Å². The number of rotatable bonds is 4. The van der Waals surface area contributed by atoms with Crippen molar-refractivity contribution in [1.82, 2.24) is 0 Å². The molecule has 0 aromatic rings. The van der Waals surface area contributed by atoms with Crippen molar-refractivity contribution in [2.75, 3.05) is 0 Å². The van der Waals surface area contributed by atoms with Gasteiger partial charge in [0.15, 0.2) is 0 Å². The van der Waals surface area contributed by atoms with Crippen LogP contribution in [0.5, 0.6) is 0 Å². The summed E-state index contributed by atoms with van der Waals surface area (Å²) in [6.45, 7) is 6.15. The van der Waals surface area contributed by atoms with E-state index in [-0.39, 0.29) is 0 Å². The topological polar surface area (TPSA) is 17.1 Å². The molecule has 0 radical (unpaired) electrons. The maximum absolute atomic E-state index is 10.6. The molecular formula is C7H15GaO. The Hall–Kier alpha value is 0.306. The molecule has 0 unspecified atom stereocenters. The molecule has 9 heavy (non-hydrogen) atoms. The Bertz CT molecular complexity index is 86.9. The molecule has 0 saturated heterocycles. The molecule has 1 nitrogen and oxygen atoms in total. The molecule has 0 atom stereocenters. The van der Waals surface area contributed by atoms with Gasteiger partial charge < -0.3 is 0 Å². The van der Waals surface area contributed by atoms with E-state index >= 15 is 0 Å². The Morgan fingerprint density at radius 2 is 1.78 bits per heavy atom. The zero-order chi connectivity index (χ0) is 7.28. The Labute approximate surface area is 62.9 Å². The average Bonchev–Trinajstić information content (AvgIpc) is 1.82. The third kappa shape index (κ3) is 4.79. The third-order valence-electron chi connectivity index (χ3n) is 1.73. The standard InChI is InChI=1S/C3H5O.2C2H5.Ga/c1-3(2)4;2*1-2;/h1H2,2H3;2*1H2,2H3;. The summed E-state index contributed by atoms with van der Waals surface area (Å²) in [6.07, 6.45) is 0. The summed E-state index contributed by atoms with van der Waals surface area (Å²) in [6, 6.07) is 0. The molecule has 0 aliphatic carbocycles. The zero-order valence-corrected chi connectivity index (χ0v) is 9.03. The summed E-state index contributed by atoms with van der Waals surface area (Å²) in [5.74, 6) is 0.406. The predicted molar refractivity (Wildman–Crippen MR) is 42.2 cm³/mol. The van der Waals surface area contributed by atoms with Crippen LogP contribution in [0.4, 0.5) is 0 Å². The van der Waals surface area contributed by atoms with Crippen LogP contribution >= 0.6 is 0 Å². The Morgan fingerprint density at radius 1 is 1.33 bits per heavy atom. The number of hydrogen-bond acceptors (Lipinski definition) is 1. The van der Waals surface area contributed by atoms with Crippen molar-refractivity contribution in [2.45, 2.75) is 35.7 Å². The van der Waals surface area contributed by atoms with Gasteiger partial charge in [0, 0.05) is 0 Å². The molecule has 0 heterocycles. The fourth-order valence-corrected chi connectivity index (χ4v) is 5.11. The second-order valence-corrected chi connectivity index (χ2v) is 10.5. The van der Waals surface area contributed by atoms with E-state index in [1.54, 1.807) is 6.92 Å². The molecule has 0 amide bonds. The monoisotopic (exact) mass is 184 g/mol. The van der Waals surface area contributed by atoms with Crippen molar-refractivity contribution in [3.05, 3.63) is 0 Å². The van der Waals surface area contributed by atoms with Gasteiger partial charge >= 0.3 is 62.5 Å². The van der Waals surface area contributed by atoms with E-state index in [0.717, 1.165) is 4.98 Å². The van der Waals surface area contributed by atoms with Crippen LogP contribution in [0.2, 0.25) is 14.9 Å². The normalized spacial score (nSPS) is 9.22. The van der Waals surface area contributed by atoms with Crippen LogP contribution in [0.1, 0.15) is 20.8 Å². The first-order valence-corrected chi connectivity index (χ1v) is 8.84. The number of carbonyl (C=O) groups is 1. The van der Waals surface area contributed by atoms with Gasteiger partial charge in [-0.3, -0.25) is 0 Å². The number of hydrogen-bond donors (Lipinski definition) is 0. The van der Waals surface area contributed by atoms with Crippen molar-refractivity contribution in [2.24, 2.45) is 0 Å². The molecule has 2 heteroatoms. The van der Waals surface area contributed by atoms with Gasteiger partial charge in [-0.15, -0.1) is 0 Å². The molecule has 52 valence electrons. The third-order valence-corrected chi connectivity index (χ3v) is 8.99. The summed E-state index contributed by atoms with van der Waals surface area (Å²) < 4.78 is 0. The van der Waals surface area contributed by atoms with E-state index in [1.165, 1.54) is 9.95 Å². The van der Waals surface area contributed by atoms with E-state index in [9.17, 15) is 4.79 Å². The second kappa shape index (κ2) is 5.12. The van der Waals surface area contributed by atoms with Crippen LogP contribution in [-0.4, -0.2) is 22.0 Å². The SMILES string of the molecule is C[CH2][Ga]([CH2]C)[CH2]C(C)=O. The quantitative estimate of drug-likeness (QED) is 0.612. The predicted octanol–water partition coefficient (Wildman–Crippen LogP) is 2.11. The van der Waals surface area contributed by atoms with Gasteiger partial charge in [0.2, 0.25) is 0 Å². The van der Waals surface area contributed by atoms with Gasteiger partial charge in [-0.25, -0.2) is 0 Å². The first kappa shape index (κ1) is 9.31. The van der Waals surface area contributed by atoms with E-state index < -0.39 is 16.2 Å². The number of carbonyl (C=O) groups excluding carboxylic acids is 1. The zero-order valence-electron chi connectivity index (χ0n) is 6.61. The van der Waals surface area contributed by atoms with Gasteiger partial charge in [0.25, 0.3) is 0 Å². The molecule has 0 fully saturated rings. The van der Waals surface area contributed by atoms with E-state index in [1.807, 2.05) is 0 Å². The Kier molecular flexibility index (Phi) is 5.29. The van der Waals surface area contributed by atoms with Crippen LogP contribution in [-0.2, 0) is 4.79 Å². The molecule has 0 bridgehead atoms. The number of Topliss-reactive ketones (excluding diaryl/α,β-unsaturated/α-hetero) is 1. The van der Waals surface area contributed by atoms with Crippen LogP contribution in [0.25, 0.3) is 0 Å². The molecule has 0 spiro atoms. The molecule has 0 rings (SSSR count). The first-order chi connectivity index (χ1) is 4.20. The summed E-state index contributed by atoms with van der Waals surface area (Å²) in [5.41, 5.74) is 0. The molecule has 0 N–H and O–H groups in total. The summed E-state index contributed by atoms with van der Waals surface area (Å²) in [4.78, 5) is 14.2. The van der Waals surface area contributed by atoms with Crippen LogP contribution in [0, 0.1) is 0 Å². The molecule has 0 aromatic heterocycles. The van der Waals surface area contributed by atoms with Crippen molar-refractivity contribution < 1.29 is 4.79 Å². The molecule has 0 aliphatic rings. The van der Waals surface area contributed by atoms with Gasteiger partial charge in [-0.05, 0) is 0 Å². The first-order valence-electron chi connectivity index (χ1n) is 3.70. The van der Waals surface area contributed by atoms with Gasteiger partial charge in [0.05, 0.1) is 0 Å². The Morgan fingerprint density at radius 3 is 1.89 bits per heavy atom. The molecule has 0 aliphatic heterocycles. The van der Waals surface area contributed by atoms with Crippen molar-refractivity contribution in [1.29, 1.82) is 0 Å². The fraction of sp³-hybridized carbons (Fsp3) is 0.857. The van der Waals surface area contributed by atoms with Crippen molar-refractivity contribution in [3.8, 4) is 0 Å².